The number of aromatic hydroxyl groups is 1. The highest BCUT2D eigenvalue weighted by atomic mass is 16.4. The molecule has 4 aromatic rings. The molecule has 1 heterocycles. The zero-order valence-electron chi connectivity index (χ0n) is 11.3. The quantitative estimate of drug-likeness (QED) is 0.415. The van der Waals surface area contributed by atoms with Gasteiger partial charge in [0, 0.05) is 16.8 Å². The van der Waals surface area contributed by atoms with Crippen molar-refractivity contribution in [2.45, 2.75) is 0 Å². The summed E-state index contributed by atoms with van der Waals surface area (Å²) in [5.74, 6) is -0.878. The summed E-state index contributed by atoms with van der Waals surface area (Å²) in [6.07, 6.45) is 0. The third kappa shape index (κ3) is 1.76. The molecule has 22 heavy (non-hydrogen) atoms. The molecule has 0 fully saturated rings. The van der Waals surface area contributed by atoms with Crippen molar-refractivity contribution in [2.75, 3.05) is 0 Å². The summed E-state index contributed by atoms with van der Waals surface area (Å²) in [6.45, 7) is 0. The van der Waals surface area contributed by atoms with Crippen molar-refractivity contribution in [1.82, 2.24) is 9.97 Å². The number of fused-ring (bicyclic) bond motifs is 4. The summed E-state index contributed by atoms with van der Waals surface area (Å²) in [5, 5.41) is 20.7. The molecule has 0 unspecified atom stereocenters. The maximum Gasteiger partial charge on any atom is 0.335 e. The molecule has 0 amide bonds. The molecular weight excluding hydrogens is 280 g/mol. The van der Waals surface area contributed by atoms with Gasteiger partial charge in [-0.05, 0) is 18.2 Å². The van der Waals surface area contributed by atoms with Crippen molar-refractivity contribution in [3.63, 3.8) is 0 Å². The fourth-order valence-corrected chi connectivity index (χ4v) is 2.62. The molecule has 1 aromatic heterocycles. The molecule has 5 nitrogen and oxygen atoms in total. The van der Waals surface area contributed by atoms with Crippen LogP contribution in [0.5, 0.6) is 5.75 Å². The number of nitrogens with zero attached hydrogens (tertiary/aromatic N) is 2. The van der Waals surface area contributed by atoms with E-state index in [1.807, 2.05) is 24.3 Å². The Hall–Kier alpha value is -3.21. The second kappa shape index (κ2) is 4.39. The predicted octanol–water partition coefficient (Wildman–Crippen LogP) is 3.34. The average molecular weight is 290 g/mol. The Kier molecular flexibility index (Phi) is 2.50. The Morgan fingerprint density at radius 1 is 0.864 bits per heavy atom. The first kappa shape index (κ1) is 12.5. The molecule has 3 aromatic carbocycles. The van der Waals surface area contributed by atoms with Crippen LogP contribution in [0.25, 0.3) is 32.8 Å². The summed E-state index contributed by atoms with van der Waals surface area (Å²) >= 11 is 0. The Balaban J connectivity index is 2.15. The summed E-state index contributed by atoms with van der Waals surface area (Å²) in [5.41, 5.74) is 2.48. The van der Waals surface area contributed by atoms with Crippen LogP contribution in [0, 0.1) is 0 Å². The first-order valence-electron chi connectivity index (χ1n) is 6.69. The van der Waals surface area contributed by atoms with Gasteiger partial charge in [-0.1, -0.05) is 24.3 Å². The Labute approximate surface area is 124 Å². The number of phenolic OH excluding ortho intramolecular Hbond substituents is 1. The number of carboxylic acid groups (broad SMARTS) is 1. The van der Waals surface area contributed by atoms with Crippen LogP contribution in [0.4, 0.5) is 0 Å². The van der Waals surface area contributed by atoms with E-state index in [0.29, 0.717) is 27.5 Å². The van der Waals surface area contributed by atoms with E-state index >= 15 is 0 Å². The number of phenols is 1. The molecule has 0 saturated carbocycles. The molecule has 2 N–H and O–H groups in total. The molecule has 4 rings (SSSR count). The maximum atomic E-state index is 11.0. The number of aromatic carboxylic acids is 1. The number of hydrogen-bond donors (Lipinski definition) is 2. The van der Waals surface area contributed by atoms with E-state index in [4.69, 9.17) is 5.11 Å². The molecular formula is C17H10N2O3. The van der Waals surface area contributed by atoms with Crippen molar-refractivity contribution >= 4 is 38.8 Å². The highest BCUT2D eigenvalue weighted by molar-refractivity contribution is 6.08. The predicted molar refractivity (Wildman–Crippen MR) is 83.2 cm³/mol. The molecule has 0 aliphatic heterocycles. The molecule has 0 atom stereocenters. The second-order valence-electron chi connectivity index (χ2n) is 5.04. The Morgan fingerprint density at radius 2 is 1.64 bits per heavy atom. The molecule has 0 aliphatic carbocycles. The lowest BCUT2D eigenvalue weighted by Crippen LogP contribution is -1.97. The Morgan fingerprint density at radius 3 is 2.41 bits per heavy atom. The third-order valence-electron chi connectivity index (χ3n) is 3.67. The molecule has 5 heteroatoms. The van der Waals surface area contributed by atoms with Gasteiger partial charge in [0.2, 0.25) is 0 Å². The van der Waals surface area contributed by atoms with Gasteiger partial charge in [-0.25, -0.2) is 14.8 Å². The fourth-order valence-electron chi connectivity index (χ4n) is 2.62. The van der Waals surface area contributed by atoms with Crippen LogP contribution in [0.2, 0.25) is 0 Å². The van der Waals surface area contributed by atoms with Gasteiger partial charge in [0.05, 0.1) is 27.6 Å². The molecule has 0 aliphatic rings. The van der Waals surface area contributed by atoms with Crippen molar-refractivity contribution < 1.29 is 15.0 Å². The highest BCUT2D eigenvalue weighted by Gasteiger charge is 2.11. The van der Waals surface area contributed by atoms with Crippen molar-refractivity contribution in [3.8, 4) is 5.75 Å². The highest BCUT2D eigenvalue weighted by Crippen LogP contribution is 2.31. The smallest absolute Gasteiger partial charge is 0.335 e. The van der Waals surface area contributed by atoms with E-state index in [-0.39, 0.29) is 11.3 Å². The van der Waals surface area contributed by atoms with Crippen LogP contribution in [0.15, 0.2) is 48.5 Å². The van der Waals surface area contributed by atoms with Gasteiger partial charge in [0.25, 0.3) is 0 Å². The largest absolute Gasteiger partial charge is 0.507 e. The fraction of sp³-hybridized carbons (Fsp3) is 0. The van der Waals surface area contributed by atoms with Crippen molar-refractivity contribution in [2.24, 2.45) is 0 Å². The van der Waals surface area contributed by atoms with Crippen molar-refractivity contribution in [3.05, 3.63) is 54.1 Å². The van der Waals surface area contributed by atoms with Crippen LogP contribution < -0.4 is 0 Å². The van der Waals surface area contributed by atoms with Crippen LogP contribution in [-0.2, 0) is 0 Å². The monoisotopic (exact) mass is 290 g/mol. The lowest BCUT2D eigenvalue weighted by atomic mass is 10.1. The van der Waals surface area contributed by atoms with E-state index in [2.05, 4.69) is 9.97 Å². The zero-order chi connectivity index (χ0) is 15.3. The second-order valence-corrected chi connectivity index (χ2v) is 5.04. The van der Waals surface area contributed by atoms with Gasteiger partial charge in [-0.3, -0.25) is 0 Å². The summed E-state index contributed by atoms with van der Waals surface area (Å²) in [6, 6.07) is 13.6. The summed E-state index contributed by atoms with van der Waals surface area (Å²) < 4.78 is 0. The van der Waals surface area contributed by atoms with Gasteiger partial charge in [0.1, 0.15) is 5.75 Å². The minimum absolute atomic E-state index is 0.131. The number of carboxylic acids is 1. The molecule has 0 saturated heterocycles. The van der Waals surface area contributed by atoms with E-state index in [0.717, 1.165) is 5.39 Å². The van der Waals surface area contributed by atoms with Gasteiger partial charge in [0.15, 0.2) is 0 Å². The van der Waals surface area contributed by atoms with E-state index in [9.17, 15) is 9.90 Å². The SMILES string of the molecule is O=C(O)c1ccc2nc3c(cc(O)c4ccccc43)nc2c1. The first-order chi connectivity index (χ1) is 10.6. The van der Waals surface area contributed by atoms with E-state index < -0.39 is 5.97 Å². The van der Waals surface area contributed by atoms with Crippen molar-refractivity contribution in [1.29, 1.82) is 0 Å². The van der Waals surface area contributed by atoms with E-state index in [1.165, 1.54) is 12.1 Å². The van der Waals surface area contributed by atoms with Crippen LogP contribution in [0.1, 0.15) is 10.4 Å². The molecule has 0 bridgehead atoms. The lowest BCUT2D eigenvalue weighted by Gasteiger charge is -2.07. The number of aromatic nitrogens is 2. The van der Waals surface area contributed by atoms with Gasteiger partial charge in [-0.2, -0.15) is 0 Å². The maximum absolute atomic E-state index is 11.0. The normalized spacial score (nSPS) is 11.3. The van der Waals surface area contributed by atoms with Crippen LogP contribution >= 0.6 is 0 Å². The standard InChI is InChI=1S/C17H10N2O3/c20-15-8-14-16(11-4-2-1-3-10(11)15)19-12-6-5-9(17(21)22)7-13(12)18-14/h1-8,20H,(H,21,22). The summed E-state index contributed by atoms with van der Waals surface area (Å²) in [7, 11) is 0. The number of benzene rings is 3. The Bertz CT molecular complexity index is 1070. The topological polar surface area (TPSA) is 83.3 Å². The molecule has 106 valence electrons. The average Bonchev–Trinajstić information content (AvgIpc) is 2.53. The zero-order valence-corrected chi connectivity index (χ0v) is 11.3. The van der Waals surface area contributed by atoms with E-state index in [1.54, 1.807) is 12.1 Å². The number of hydrogen-bond acceptors (Lipinski definition) is 4. The number of rotatable bonds is 1. The summed E-state index contributed by atoms with van der Waals surface area (Å²) in [4.78, 5) is 20.1. The van der Waals surface area contributed by atoms with Crippen LogP contribution in [0.3, 0.4) is 0 Å². The lowest BCUT2D eigenvalue weighted by molar-refractivity contribution is 0.0697. The first-order valence-corrected chi connectivity index (χ1v) is 6.69. The van der Waals surface area contributed by atoms with Gasteiger partial charge < -0.3 is 10.2 Å². The van der Waals surface area contributed by atoms with Crippen LogP contribution in [-0.4, -0.2) is 26.2 Å². The third-order valence-corrected chi connectivity index (χ3v) is 3.67. The number of carbonyl (C=O) groups is 1. The minimum atomic E-state index is -1.01. The van der Waals surface area contributed by atoms with Gasteiger partial charge in [-0.15, -0.1) is 0 Å². The molecule has 0 spiro atoms. The minimum Gasteiger partial charge on any atom is -0.507 e. The molecule has 0 radical (unpaired) electrons. The van der Waals surface area contributed by atoms with Gasteiger partial charge >= 0.3 is 5.97 Å².